The average molecular weight is 360 g/mol. The maximum atomic E-state index is 13.8. The fourth-order valence-electron chi connectivity index (χ4n) is 2.29. The van der Waals surface area contributed by atoms with Gasteiger partial charge in [-0.3, -0.25) is 4.57 Å². The molecule has 1 heterocycles. The predicted molar refractivity (Wildman–Crippen MR) is 101 cm³/mol. The molecule has 0 fully saturated rings. The van der Waals surface area contributed by atoms with Gasteiger partial charge in [-0.1, -0.05) is 48.0 Å². The largest absolute Gasteiger partial charge is 0.288 e. The van der Waals surface area contributed by atoms with Crippen LogP contribution in [0.5, 0.6) is 0 Å². The Hall–Kier alpha value is -1.67. The Labute approximate surface area is 144 Å². The second kappa shape index (κ2) is 6.84. The second-order valence-electron chi connectivity index (χ2n) is 5.04. The number of rotatable bonds is 4. The van der Waals surface area contributed by atoms with Crippen LogP contribution >= 0.6 is 30.2 Å². The summed E-state index contributed by atoms with van der Waals surface area (Å²) >= 11 is 7.44. The zero-order chi connectivity index (χ0) is 16.3. The Kier molecular flexibility index (Phi) is 4.82. The van der Waals surface area contributed by atoms with Gasteiger partial charge in [0.15, 0.2) is 0 Å². The average Bonchev–Trinajstić information content (AvgIpc) is 3.03. The molecule has 0 aliphatic rings. The summed E-state index contributed by atoms with van der Waals surface area (Å²) in [4.78, 5) is 0.932. The number of benzene rings is 2. The van der Waals surface area contributed by atoms with Crippen LogP contribution < -0.4 is 10.6 Å². The number of nitrogens with zero attached hydrogens (tertiary/aromatic N) is 1. The molecule has 23 heavy (non-hydrogen) atoms. The SMILES string of the molecule is C/C(=N\P(=O)(c1ccccc1)c1ccccc1)c1ccc(Cl)s1. The van der Waals surface area contributed by atoms with E-state index in [9.17, 15) is 4.57 Å². The molecule has 0 bridgehead atoms. The standard InChI is InChI=1S/C18H15ClNOPS/c1-14(17-12-13-18(19)23-17)20-22(21,15-8-4-2-5-9-15)16-10-6-3-7-11-16/h2-13H,1H3/b20-14+. The Morgan fingerprint density at radius 2 is 1.43 bits per heavy atom. The highest BCUT2D eigenvalue weighted by Gasteiger charge is 2.26. The smallest absolute Gasteiger partial charge is 0.247 e. The normalized spacial score (nSPS) is 12.3. The van der Waals surface area contributed by atoms with E-state index in [1.807, 2.05) is 79.7 Å². The monoisotopic (exact) mass is 359 g/mol. The van der Waals surface area contributed by atoms with Crippen LogP contribution in [0.15, 0.2) is 77.6 Å². The molecule has 0 radical (unpaired) electrons. The summed E-state index contributed by atoms with van der Waals surface area (Å²) in [5.41, 5.74) is 0.734. The zero-order valence-electron chi connectivity index (χ0n) is 12.5. The van der Waals surface area contributed by atoms with Gasteiger partial charge in [0, 0.05) is 15.5 Å². The first-order valence-electron chi connectivity index (χ1n) is 7.13. The molecule has 116 valence electrons. The minimum Gasteiger partial charge on any atom is -0.288 e. The lowest BCUT2D eigenvalue weighted by Crippen LogP contribution is -2.15. The summed E-state index contributed by atoms with van der Waals surface area (Å²) in [7, 11) is -3.08. The molecule has 0 aliphatic heterocycles. The van der Waals surface area contributed by atoms with Crippen LogP contribution in [0.25, 0.3) is 0 Å². The lowest BCUT2D eigenvalue weighted by molar-refractivity contribution is 0.588. The summed E-state index contributed by atoms with van der Waals surface area (Å²) in [5.74, 6) is 0. The highest BCUT2D eigenvalue weighted by Crippen LogP contribution is 2.45. The van der Waals surface area contributed by atoms with E-state index in [0.29, 0.717) is 4.34 Å². The van der Waals surface area contributed by atoms with E-state index in [-0.39, 0.29) is 0 Å². The molecule has 3 aromatic rings. The molecule has 5 heteroatoms. The maximum Gasteiger partial charge on any atom is 0.247 e. The third kappa shape index (κ3) is 3.48. The van der Waals surface area contributed by atoms with Crippen molar-refractivity contribution in [1.82, 2.24) is 0 Å². The fraction of sp³-hybridized carbons (Fsp3) is 0.0556. The van der Waals surface area contributed by atoms with Gasteiger partial charge >= 0.3 is 0 Å². The Morgan fingerprint density at radius 3 is 1.87 bits per heavy atom. The van der Waals surface area contributed by atoms with E-state index in [0.717, 1.165) is 21.2 Å². The van der Waals surface area contributed by atoms with Gasteiger partial charge in [-0.05, 0) is 43.3 Å². The van der Waals surface area contributed by atoms with E-state index in [2.05, 4.69) is 4.76 Å². The van der Waals surface area contributed by atoms with Crippen LogP contribution in [-0.4, -0.2) is 5.71 Å². The minimum atomic E-state index is -3.08. The van der Waals surface area contributed by atoms with E-state index >= 15 is 0 Å². The van der Waals surface area contributed by atoms with Crippen LogP contribution in [0.4, 0.5) is 0 Å². The number of hydrogen-bond acceptors (Lipinski definition) is 2. The van der Waals surface area contributed by atoms with Crippen molar-refractivity contribution in [2.75, 3.05) is 0 Å². The van der Waals surface area contributed by atoms with Gasteiger partial charge in [-0.25, -0.2) is 4.76 Å². The van der Waals surface area contributed by atoms with E-state index in [1.165, 1.54) is 11.3 Å². The maximum absolute atomic E-state index is 13.8. The first-order chi connectivity index (χ1) is 11.1. The van der Waals surface area contributed by atoms with Crippen LogP contribution in [0, 0.1) is 0 Å². The molecular formula is C18H15ClNOPS. The van der Waals surface area contributed by atoms with Crippen LogP contribution in [-0.2, 0) is 4.57 Å². The van der Waals surface area contributed by atoms with Crippen LogP contribution in [0.3, 0.4) is 0 Å². The van der Waals surface area contributed by atoms with Gasteiger partial charge < -0.3 is 0 Å². The van der Waals surface area contributed by atoms with E-state index in [1.54, 1.807) is 0 Å². The van der Waals surface area contributed by atoms with Crippen molar-refractivity contribution in [2.24, 2.45) is 4.76 Å². The number of halogens is 1. The highest BCUT2D eigenvalue weighted by molar-refractivity contribution is 7.77. The molecule has 0 aliphatic carbocycles. The first kappa shape index (κ1) is 16.2. The molecule has 0 saturated heterocycles. The summed E-state index contributed by atoms with van der Waals surface area (Å²) < 4.78 is 19.1. The molecule has 2 aromatic carbocycles. The molecular weight excluding hydrogens is 345 g/mol. The summed E-state index contributed by atoms with van der Waals surface area (Å²) in [5, 5.41) is 1.46. The van der Waals surface area contributed by atoms with Crippen molar-refractivity contribution >= 4 is 46.6 Å². The quantitative estimate of drug-likeness (QED) is 0.468. The zero-order valence-corrected chi connectivity index (χ0v) is 15.0. The summed E-state index contributed by atoms with van der Waals surface area (Å²) in [6.45, 7) is 1.88. The minimum absolute atomic E-state index is 0.698. The molecule has 0 atom stereocenters. The molecule has 0 amide bonds. The van der Waals surface area contributed by atoms with Crippen molar-refractivity contribution in [3.63, 3.8) is 0 Å². The lowest BCUT2D eigenvalue weighted by atomic mass is 10.3. The van der Waals surface area contributed by atoms with Gasteiger partial charge in [0.05, 0.1) is 10.0 Å². The van der Waals surface area contributed by atoms with Crippen molar-refractivity contribution in [3.05, 3.63) is 82.0 Å². The topological polar surface area (TPSA) is 29.4 Å². The van der Waals surface area contributed by atoms with Crippen molar-refractivity contribution in [3.8, 4) is 0 Å². The predicted octanol–water partition coefficient (Wildman–Crippen LogP) is 5.14. The van der Waals surface area contributed by atoms with Gasteiger partial charge in [-0.15, -0.1) is 11.3 Å². The molecule has 0 saturated carbocycles. The first-order valence-corrected chi connectivity index (χ1v) is 9.99. The summed E-state index contributed by atoms with van der Waals surface area (Å²) in [6, 6.07) is 22.6. The van der Waals surface area contributed by atoms with Crippen LogP contribution in [0.2, 0.25) is 4.34 Å². The Balaban J connectivity index is 2.15. The van der Waals surface area contributed by atoms with Gasteiger partial charge in [-0.2, -0.15) is 0 Å². The summed E-state index contributed by atoms with van der Waals surface area (Å²) in [6.07, 6.45) is 0. The third-order valence-electron chi connectivity index (χ3n) is 3.43. The Morgan fingerprint density at radius 1 is 0.913 bits per heavy atom. The molecule has 1 aromatic heterocycles. The molecule has 0 unspecified atom stereocenters. The second-order valence-corrected chi connectivity index (χ2v) is 9.14. The molecule has 0 N–H and O–H groups in total. The van der Waals surface area contributed by atoms with Gasteiger partial charge in [0.25, 0.3) is 0 Å². The van der Waals surface area contributed by atoms with E-state index < -0.39 is 7.29 Å². The Bertz CT molecular complexity index is 831. The lowest BCUT2D eigenvalue weighted by Gasteiger charge is -2.15. The van der Waals surface area contributed by atoms with Crippen molar-refractivity contribution < 1.29 is 4.57 Å². The van der Waals surface area contributed by atoms with Gasteiger partial charge in [0.2, 0.25) is 7.29 Å². The fourth-order valence-corrected chi connectivity index (χ4v) is 5.56. The van der Waals surface area contributed by atoms with Crippen LogP contribution in [0.1, 0.15) is 11.8 Å². The number of thiophene rings is 1. The van der Waals surface area contributed by atoms with Gasteiger partial charge in [0.1, 0.15) is 0 Å². The third-order valence-corrected chi connectivity index (χ3v) is 7.35. The number of hydrogen-bond donors (Lipinski definition) is 0. The molecule has 0 spiro atoms. The molecule has 2 nitrogen and oxygen atoms in total. The molecule has 3 rings (SSSR count). The van der Waals surface area contributed by atoms with Crippen molar-refractivity contribution in [2.45, 2.75) is 6.92 Å². The van der Waals surface area contributed by atoms with Crippen molar-refractivity contribution in [1.29, 1.82) is 0 Å². The van der Waals surface area contributed by atoms with E-state index in [4.69, 9.17) is 11.6 Å². The highest BCUT2D eigenvalue weighted by atomic mass is 35.5.